The van der Waals surface area contributed by atoms with Crippen LogP contribution in [0.5, 0.6) is 5.75 Å². The first kappa shape index (κ1) is 16.7. The van der Waals surface area contributed by atoms with Crippen molar-refractivity contribution in [3.63, 3.8) is 0 Å². The summed E-state index contributed by atoms with van der Waals surface area (Å²) in [5, 5.41) is 2.82. The number of rotatable bonds is 6. The normalized spacial score (nSPS) is 10.6. The summed E-state index contributed by atoms with van der Waals surface area (Å²) in [6.45, 7) is 2.40. The van der Waals surface area contributed by atoms with E-state index >= 15 is 0 Å². The van der Waals surface area contributed by atoms with Gasteiger partial charge in [-0.3, -0.25) is 9.59 Å². The average Bonchev–Trinajstić information content (AvgIpc) is 2.62. The number of para-hydroxylation sites is 4. The minimum atomic E-state index is -0.263. The van der Waals surface area contributed by atoms with E-state index in [2.05, 4.69) is 15.3 Å². The molecule has 0 fully saturated rings. The maximum Gasteiger partial charge on any atom is 0.270 e. The molecule has 0 unspecified atom stereocenters. The van der Waals surface area contributed by atoms with Gasteiger partial charge in [0.05, 0.1) is 23.3 Å². The molecule has 0 aliphatic heterocycles. The lowest BCUT2D eigenvalue weighted by molar-refractivity contribution is -0.116. The summed E-state index contributed by atoms with van der Waals surface area (Å²) in [5.74, 6) is 0.432. The Labute approximate surface area is 144 Å². The SMILES string of the molecule is CCOc1ccccc1NC(=O)CCc1nc2ccccc2[nH]c1=O. The molecule has 0 aliphatic carbocycles. The predicted octanol–water partition coefficient (Wildman–Crippen LogP) is 2.89. The minimum Gasteiger partial charge on any atom is -0.492 e. The van der Waals surface area contributed by atoms with E-state index in [4.69, 9.17) is 4.74 Å². The Morgan fingerprint density at radius 1 is 1.16 bits per heavy atom. The van der Waals surface area contributed by atoms with Crippen molar-refractivity contribution in [3.05, 3.63) is 64.6 Å². The fourth-order valence-corrected chi connectivity index (χ4v) is 2.53. The van der Waals surface area contributed by atoms with Gasteiger partial charge in [0.2, 0.25) is 5.91 Å². The lowest BCUT2D eigenvalue weighted by Gasteiger charge is -2.11. The summed E-state index contributed by atoms with van der Waals surface area (Å²) in [4.78, 5) is 31.4. The van der Waals surface area contributed by atoms with Crippen LogP contribution >= 0.6 is 0 Å². The van der Waals surface area contributed by atoms with E-state index in [1.165, 1.54) is 0 Å². The minimum absolute atomic E-state index is 0.162. The number of H-pyrrole nitrogens is 1. The Balaban J connectivity index is 1.69. The van der Waals surface area contributed by atoms with Gasteiger partial charge in [0.25, 0.3) is 5.56 Å². The summed E-state index contributed by atoms with van der Waals surface area (Å²) in [5.41, 5.74) is 2.11. The van der Waals surface area contributed by atoms with E-state index in [-0.39, 0.29) is 24.3 Å². The molecule has 0 spiro atoms. The molecule has 2 aromatic carbocycles. The summed E-state index contributed by atoms with van der Waals surface area (Å²) >= 11 is 0. The molecule has 0 saturated heterocycles. The quantitative estimate of drug-likeness (QED) is 0.724. The number of fused-ring (bicyclic) bond motifs is 1. The van der Waals surface area contributed by atoms with Crippen molar-refractivity contribution < 1.29 is 9.53 Å². The van der Waals surface area contributed by atoms with Crippen molar-refractivity contribution in [2.75, 3.05) is 11.9 Å². The Kier molecular flexibility index (Phi) is 5.09. The molecule has 1 aromatic heterocycles. The van der Waals surface area contributed by atoms with Crippen LogP contribution in [0, 0.1) is 0 Å². The second-order valence-corrected chi connectivity index (χ2v) is 5.51. The first-order chi connectivity index (χ1) is 12.2. The van der Waals surface area contributed by atoms with Gasteiger partial charge < -0.3 is 15.0 Å². The van der Waals surface area contributed by atoms with Gasteiger partial charge in [0, 0.05) is 12.8 Å². The molecule has 6 nitrogen and oxygen atoms in total. The highest BCUT2D eigenvalue weighted by molar-refractivity contribution is 5.92. The highest BCUT2D eigenvalue weighted by atomic mass is 16.5. The molecule has 1 amide bonds. The number of nitrogens with one attached hydrogen (secondary N) is 2. The second kappa shape index (κ2) is 7.61. The number of aromatic nitrogens is 2. The Bertz CT molecular complexity index is 950. The Morgan fingerprint density at radius 2 is 1.92 bits per heavy atom. The number of hydrogen-bond acceptors (Lipinski definition) is 4. The number of carbonyl (C=O) groups excluding carboxylic acids is 1. The number of aromatic amines is 1. The third-order valence-electron chi connectivity index (χ3n) is 3.72. The van der Waals surface area contributed by atoms with Crippen LogP contribution in [-0.2, 0) is 11.2 Å². The zero-order valence-electron chi connectivity index (χ0n) is 13.9. The Hall–Kier alpha value is -3.15. The summed E-state index contributed by atoms with van der Waals surface area (Å²) < 4.78 is 5.49. The largest absolute Gasteiger partial charge is 0.492 e. The van der Waals surface area contributed by atoms with Crippen LogP contribution in [-0.4, -0.2) is 22.5 Å². The van der Waals surface area contributed by atoms with Crippen LogP contribution in [0.1, 0.15) is 19.0 Å². The van der Waals surface area contributed by atoms with E-state index in [0.29, 0.717) is 34.8 Å². The number of carbonyl (C=O) groups is 1. The number of ether oxygens (including phenoxy) is 1. The van der Waals surface area contributed by atoms with Crippen molar-refractivity contribution in [2.45, 2.75) is 19.8 Å². The Morgan fingerprint density at radius 3 is 2.76 bits per heavy atom. The maximum absolute atomic E-state index is 12.2. The summed E-state index contributed by atoms with van der Waals surface area (Å²) in [6.07, 6.45) is 0.428. The molecule has 1 heterocycles. The molecule has 0 atom stereocenters. The monoisotopic (exact) mass is 337 g/mol. The van der Waals surface area contributed by atoms with Gasteiger partial charge in [0.1, 0.15) is 11.4 Å². The van der Waals surface area contributed by atoms with Crippen LogP contribution in [0.2, 0.25) is 0 Å². The fourth-order valence-electron chi connectivity index (χ4n) is 2.53. The molecule has 0 bridgehead atoms. The highest BCUT2D eigenvalue weighted by Crippen LogP contribution is 2.23. The molecule has 3 aromatic rings. The van der Waals surface area contributed by atoms with Gasteiger partial charge in [-0.15, -0.1) is 0 Å². The van der Waals surface area contributed by atoms with Crippen molar-refractivity contribution in [3.8, 4) is 5.75 Å². The molecule has 3 rings (SSSR count). The van der Waals surface area contributed by atoms with Crippen molar-refractivity contribution in [1.29, 1.82) is 0 Å². The van der Waals surface area contributed by atoms with E-state index in [1.54, 1.807) is 18.2 Å². The molecular weight excluding hydrogens is 318 g/mol. The predicted molar refractivity (Wildman–Crippen MR) is 96.9 cm³/mol. The van der Waals surface area contributed by atoms with E-state index in [9.17, 15) is 9.59 Å². The molecule has 0 radical (unpaired) electrons. The highest BCUT2D eigenvalue weighted by Gasteiger charge is 2.10. The van der Waals surface area contributed by atoms with Crippen LogP contribution in [0.15, 0.2) is 53.3 Å². The smallest absolute Gasteiger partial charge is 0.270 e. The topological polar surface area (TPSA) is 84.1 Å². The molecule has 128 valence electrons. The molecule has 0 aliphatic rings. The summed E-state index contributed by atoms with van der Waals surface area (Å²) in [6, 6.07) is 14.6. The average molecular weight is 337 g/mol. The maximum atomic E-state index is 12.2. The fraction of sp³-hybridized carbons (Fsp3) is 0.211. The molecule has 25 heavy (non-hydrogen) atoms. The first-order valence-corrected chi connectivity index (χ1v) is 8.17. The van der Waals surface area contributed by atoms with E-state index in [0.717, 1.165) is 0 Å². The number of amides is 1. The molecule has 2 N–H and O–H groups in total. The van der Waals surface area contributed by atoms with Gasteiger partial charge in [-0.25, -0.2) is 4.98 Å². The zero-order chi connectivity index (χ0) is 17.6. The zero-order valence-corrected chi connectivity index (χ0v) is 13.9. The van der Waals surface area contributed by atoms with Crippen LogP contribution < -0.4 is 15.6 Å². The van der Waals surface area contributed by atoms with Crippen LogP contribution in [0.25, 0.3) is 11.0 Å². The second-order valence-electron chi connectivity index (χ2n) is 5.51. The van der Waals surface area contributed by atoms with Crippen molar-refractivity contribution >= 4 is 22.6 Å². The van der Waals surface area contributed by atoms with E-state index in [1.807, 2.05) is 37.3 Å². The van der Waals surface area contributed by atoms with Gasteiger partial charge in [-0.1, -0.05) is 24.3 Å². The van der Waals surface area contributed by atoms with Gasteiger partial charge >= 0.3 is 0 Å². The number of benzene rings is 2. The third-order valence-corrected chi connectivity index (χ3v) is 3.72. The number of hydrogen-bond donors (Lipinski definition) is 2. The lowest BCUT2D eigenvalue weighted by Crippen LogP contribution is -2.19. The van der Waals surface area contributed by atoms with Gasteiger partial charge in [0.15, 0.2) is 0 Å². The van der Waals surface area contributed by atoms with Gasteiger partial charge in [-0.05, 0) is 31.2 Å². The molecular formula is C19H19N3O3. The van der Waals surface area contributed by atoms with Crippen LogP contribution in [0.3, 0.4) is 0 Å². The first-order valence-electron chi connectivity index (χ1n) is 8.17. The van der Waals surface area contributed by atoms with Crippen molar-refractivity contribution in [1.82, 2.24) is 9.97 Å². The molecule has 0 saturated carbocycles. The number of aryl methyl sites for hydroxylation is 1. The van der Waals surface area contributed by atoms with Gasteiger partial charge in [-0.2, -0.15) is 0 Å². The third kappa shape index (κ3) is 4.03. The van der Waals surface area contributed by atoms with E-state index < -0.39 is 0 Å². The van der Waals surface area contributed by atoms with Crippen molar-refractivity contribution in [2.24, 2.45) is 0 Å². The standard InChI is InChI=1S/C19H19N3O3/c1-2-25-17-10-6-5-9-15(17)21-18(23)12-11-16-19(24)22-14-8-4-3-7-13(14)20-16/h3-10H,2,11-12H2,1H3,(H,21,23)(H,22,24). The number of anilines is 1. The lowest BCUT2D eigenvalue weighted by atomic mass is 10.2. The van der Waals surface area contributed by atoms with Crippen LogP contribution in [0.4, 0.5) is 5.69 Å². The number of nitrogens with zero attached hydrogens (tertiary/aromatic N) is 1. The summed E-state index contributed by atoms with van der Waals surface area (Å²) in [7, 11) is 0. The molecule has 6 heteroatoms.